The second-order valence-electron chi connectivity index (χ2n) is 5.33. The van der Waals surface area contributed by atoms with Crippen LogP contribution in [0.1, 0.15) is 28.7 Å². The molecule has 2 N–H and O–H groups in total. The van der Waals surface area contributed by atoms with Crippen LogP contribution in [0.4, 0.5) is 4.39 Å². The zero-order valence-corrected chi connectivity index (χ0v) is 13.3. The first-order valence-corrected chi connectivity index (χ1v) is 7.76. The van der Waals surface area contributed by atoms with Gasteiger partial charge in [-0.1, -0.05) is 5.16 Å². The summed E-state index contributed by atoms with van der Waals surface area (Å²) in [5.74, 6) is -0.180. The lowest BCUT2D eigenvalue weighted by Crippen LogP contribution is -2.16. The van der Waals surface area contributed by atoms with Crippen LogP contribution in [0.5, 0.6) is 0 Å². The van der Waals surface area contributed by atoms with E-state index in [1.165, 1.54) is 12.1 Å². The second-order valence-corrected chi connectivity index (χ2v) is 5.33. The molecule has 0 aliphatic carbocycles. The van der Waals surface area contributed by atoms with Crippen LogP contribution < -0.4 is 5.32 Å². The zero-order chi connectivity index (χ0) is 16.9. The molecule has 1 aromatic carbocycles. The summed E-state index contributed by atoms with van der Waals surface area (Å²) in [6, 6.07) is 6.26. The largest absolute Gasteiger partial charge is 0.461 e. The minimum Gasteiger partial charge on any atom is -0.461 e. The highest BCUT2D eigenvalue weighted by Crippen LogP contribution is 2.19. The van der Waals surface area contributed by atoms with Crippen LogP contribution in [-0.2, 0) is 17.7 Å². The summed E-state index contributed by atoms with van der Waals surface area (Å²) in [5, 5.41) is 7.78. The average Bonchev–Trinajstić information content (AvgIpc) is 3.19. The van der Waals surface area contributed by atoms with Gasteiger partial charge in [-0.05, 0) is 43.7 Å². The first kappa shape index (κ1) is 16.2. The molecule has 24 heavy (non-hydrogen) atoms. The van der Waals surface area contributed by atoms with Crippen molar-refractivity contribution < 1.29 is 18.4 Å². The van der Waals surface area contributed by atoms with Crippen LogP contribution >= 0.6 is 0 Å². The van der Waals surface area contributed by atoms with Crippen molar-refractivity contribution in [3.05, 3.63) is 53.3 Å². The van der Waals surface area contributed by atoms with E-state index in [0.717, 1.165) is 22.9 Å². The van der Waals surface area contributed by atoms with Crippen LogP contribution in [0.25, 0.3) is 10.9 Å². The summed E-state index contributed by atoms with van der Waals surface area (Å²) >= 11 is 0. The molecular formula is C17H18FN3O3. The van der Waals surface area contributed by atoms with Crippen molar-refractivity contribution in [3.63, 3.8) is 0 Å². The number of halogens is 1. The van der Waals surface area contributed by atoms with Crippen molar-refractivity contribution in [3.8, 4) is 0 Å². The molecule has 0 unspecified atom stereocenters. The fourth-order valence-electron chi connectivity index (χ4n) is 2.49. The molecule has 2 heterocycles. The molecule has 3 aromatic rings. The van der Waals surface area contributed by atoms with E-state index in [-0.39, 0.29) is 11.5 Å². The molecule has 3 rings (SSSR count). The number of H-pyrrole nitrogens is 1. The molecule has 0 aliphatic rings. The summed E-state index contributed by atoms with van der Waals surface area (Å²) in [5.41, 5.74) is 2.13. The molecule has 0 fully saturated rings. The molecule has 0 radical (unpaired) electrons. The van der Waals surface area contributed by atoms with Gasteiger partial charge in [0, 0.05) is 23.2 Å². The van der Waals surface area contributed by atoms with Crippen molar-refractivity contribution in [2.45, 2.75) is 19.9 Å². The number of fused-ring (bicyclic) bond motifs is 1. The van der Waals surface area contributed by atoms with Gasteiger partial charge < -0.3 is 19.6 Å². The number of aromatic nitrogens is 2. The van der Waals surface area contributed by atoms with Gasteiger partial charge in [0.15, 0.2) is 11.5 Å². The fourth-order valence-corrected chi connectivity index (χ4v) is 2.49. The van der Waals surface area contributed by atoms with Crippen LogP contribution in [0, 0.1) is 5.82 Å². The standard InChI is InChI=1S/C17H18FN3O3/c1-2-23-17(22)16-8-13(24-21-16)10-19-6-5-11-9-20-15-4-3-12(18)7-14(11)15/h3-4,7-9,19-20H,2,5-6,10H2,1H3. The van der Waals surface area contributed by atoms with Gasteiger partial charge in [0.05, 0.1) is 13.2 Å². The summed E-state index contributed by atoms with van der Waals surface area (Å²) < 4.78 is 23.3. The van der Waals surface area contributed by atoms with Crippen LogP contribution in [0.2, 0.25) is 0 Å². The van der Waals surface area contributed by atoms with Gasteiger partial charge >= 0.3 is 5.97 Å². The molecule has 0 aliphatic heterocycles. The van der Waals surface area contributed by atoms with Gasteiger partial charge in [-0.15, -0.1) is 0 Å². The fraction of sp³-hybridized carbons (Fsp3) is 0.294. The van der Waals surface area contributed by atoms with Crippen LogP contribution in [-0.4, -0.2) is 29.3 Å². The van der Waals surface area contributed by atoms with E-state index in [1.54, 1.807) is 19.1 Å². The van der Waals surface area contributed by atoms with E-state index in [9.17, 15) is 9.18 Å². The van der Waals surface area contributed by atoms with Crippen LogP contribution in [0.3, 0.4) is 0 Å². The van der Waals surface area contributed by atoms with E-state index in [0.29, 0.717) is 25.5 Å². The highest BCUT2D eigenvalue weighted by Gasteiger charge is 2.13. The van der Waals surface area contributed by atoms with Crippen molar-refractivity contribution in [2.75, 3.05) is 13.2 Å². The van der Waals surface area contributed by atoms with E-state index >= 15 is 0 Å². The normalized spacial score (nSPS) is 11.1. The Morgan fingerprint density at radius 3 is 3.12 bits per heavy atom. The Balaban J connectivity index is 1.51. The van der Waals surface area contributed by atoms with Gasteiger partial charge in [0.25, 0.3) is 0 Å². The van der Waals surface area contributed by atoms with Crippen molar-refractivity contribution in [1.82, 2.24) is 15.5 Å². The molecule has 0 atom stereocenters. The lowest BCUT2D eigenvalue weighted by atomic mass is 10.1. The Hall–Kier alpha value is -2.67. The SMILES string of the molecule is CCOC(=O)c1cc(CNCCc2c[nH]c3ccc(F)cc23)on1. The van der Waals surface area contributed by atoms with E-state index in [4.69, 9.17) is 9.26 Å². The number of rotatable bonds is 7. The molecule has 0 saturated carbocycles. The van der Waals surface area contributed by atoms with Gasteiger partial charge in [-0.3, -0.25) is 0 Å². The van der Waals surface area contributed by atoms with Gasteiger partial charge in [0.2, 0.25) is 0 Å². The Morgan fingerprint density at radius 2 is 2.29 bits per heavy atom. The first-order valence-electron chi connectivity index (χ1n) is 7.76. The minimum atomic E-state index is -0.492. The molecular weight excluding hydrogens is 313 g/mol. The maximum atomic E-state index is 13.3. The number of benzene rings is 1. The zero-order valence-electron chi connectivity index (χ0n) is 13.3. The van der Waals surface area contributed by atoms with Crippen molar-refractivity contribution >= 4 is 16.9 Å². The van der Waals surface area contributed by atoms with Crippen molar-refractivity contribution in [1.29, 1.82) is 0 Å². The maximum Gasteiger partial charge on any atom is 0.360 e. The van der Waals surface area contributed by atoms with Gasteiger partial charge in [-0.2, -0.15) is 0 Å². The molecule has 126 valence electrons. The quantitative estimate of drug-likeness (QED) is 0.514. The number of aromatic amines is 1. The third-order valence-corrected chi connectivity index (χ3v) is 3.64. The van der Waals surface area contributed by atoms with E-state index in [2.05, 4.69) is 15.5 Å². The molecule has 0 spiro atoms. The third kappa shape index (κ3) is 3.62. The second kappa shape index (κ2) is 7.27. The molecule has 0 bridgehead atoms. The summed E-state index contributed by atoms with van der Waals surface area (Å²) in [6.45, 7) is 3.16. The molecule has 7 heteroatoms. The maximum absolute atomic E-state index is 13.3. The monoisotopic (exact) mass is 331 g/mol. The number of hydrogen-bond donors (Lipinski definition) is 2. The predicted molar refractivity (Wildman–Crippen MR) is 86.1 cm³/mol. The molecule has 0 amide bonds. The summed E-state index contributed by atoms with van der Waals surface area (Å²) in [7, 11) is 0. The predicted octanol–water partition coefficient (Wildman–Crippen LogP) is 2.80. The number of hydrogen-bond acceptors (Lipinski definition) is 5. The Labute approximate surface area is 138 Å². The number of nitrogens with one attached hydrogen (secondary N) is 2. The van der Waals surface area contributed by atoms with Gasteiger partial charge in [0.1, 0.15) is 5.82 Å². The average molecular weight is 331 g/mol. The van der Waals surface area contributed by atoms with Crippen LogP contribution in [0.15, 0.2) is 35.0 Å². The van der Waals surface area contributed by atoms with Crippen molar-refractivity contribution in [2.24, 2.45) is 0 Å². The smallest absolute Gasteiger partial charge is 0.360 e. The number of ether oxygens (including phenoxy) is 1. The highest BCUT2D eigenvalue weighted by atomic mass is 19.1. The number of carbonyl (C=O) groups is 1. The van der Waals surface area contributed by atoms with Gasteiger partial charge in [-0.25, -0.2) is 9.18 Å². The lowest BCUT2D eigenvalue weighted by Gasteiger charge is -2.02. The first-order chi connectivity index (χ1) is 11.7. The Bertz CT molecular complexity index is 841. The molecule has 0 saturated heterocycles. The number of carbonyl (C=O) groups excluding carboxylic acids is 1. The number of nitrogens with zero attached hydrogens (tertiary/aromatic N) is 1. The summed E-state index contributed by atoms with van der Waals surface area (Å²) in [4.78, 5) is 14.6. The number of esters is 1. The molecule has 2 aromatic heterocycles. The lowest BCUT2D eigenvalue weighted by molar-refractivity contribution is 0.0514. The topological polar surface area (TPSA) is 80.1 Å². The van der Waals surface area contributed by atoms with E-state index in [1.807, 2.05) is 6.20 Å². The highest BCUT2D eigenvalue weighted by molar-refractivity contribution is 5.87. The minimum absolute atomic E-state index is 0.167. The summed E-state index contributed by atoms with van der Waals surface area (Å²) in [6.07, 6.45) is 2.63. The Morgan fingerprint density at radius 1 is 1.42 bits per heavy atom. The third-order valence-electron chi connectivity index (χ3n) is 3.64. The van der Waals surface area contributed by atoms with E-state index < -0.39 is 5.97 Å². The Kier molecular flexibility index (Phi) is 4.90. The molecule has 6 nitrogen and oxygen atoms in total.